The molecular formula is C23H21BrClNO4S. The first kappa shape index (κ1) is 23.3. The summed E-state index contributed by atoms with van der Waals surface area (Å²) in [4.78, 5) is 25.2. The summed E-state index contributed by atoms with van der Waals surface area (Å²) in [5.74, 6) is -0.203. The van der Waals surface area contributed by atoms with Gasteiger partial charge in [0, 0.05) is 20.4 Å². The molecule has 0 aliphatic rings. The Morgan fingerprint density at radius 3 is 2.55 bits per heavy atom. The number of thiophene rings is 1. The Kier molecular flexibility index (Phi) is 8.12. The van der Waals surface area contributed by atoms with Gasteiger partial charge in [-0.05, 0) is 54.8 Å². The predicted molar refractivity (Wildman–Crippen MR) is 128 cm³/mol. The number of aryl methyl sites for hydroxylation is 1. The lowest BCUT2D eigenvalue weighted by atomic mass is 10.0. The monoisotopic (exact) mass is 521 g/mol. The molecule has 31 heavy (non-hydrogen) atoms. The minimum Gasteiger partial charge on any atom is -0.483 e. The molecule has 3 aromatic rings. The molecule has 0 saturated carbocycles. The van der Waals surface area contributed by atoms with Gasteiger partial charge in [0.15, 0.2) is 6.61 Å². The van der Waals surface area contributed by atoms with Crippen LogP contribution in [0.3, 0.4) is 0 Å². The summed E-state index contributed by atoms with van der Waals surface area (Å²) in [6.07, 6.45) is 0.777. The summed E-state index contributed by atoms with van der Waals surface area (Å²) in [6, 6.07) is 12.8. The Morgan fingerprint density at radius 1 is 1.13 bits per heavy atom. The van der Waals surface area contributed by atoms with E-state index in [4.69, 9.17) is 21.1 Å². The van der Waals surface area contributed by atoms with E-state index >= 15 is 0 Å². The zero-order valence-corrected chi connectivity index (χ0v) is 20.2. The lowest BCUT2D eigenvalue weighted by Crippen LogP contribution is -2.21. The number of amides is 1. The maximum absolute atomic E-state index is 12.6. The van der Waals surface area contributed by atoms with E-state index in [1.807, 2.05) is 42.6 Å². The number of anilines is 1. The minimum atomic E-state index is -0.494. The molecule has 0 saturated heterocycles. The average Bonchev–Trinajstić information content (AvgIpc) is 3.17. The highest BCUT2D eigenvalue weighted by molar-refractivity contribution is 9.10. The molecule has 3 rings (SSSR count). The van der Waals surface area contributed by atoms with Gasteiger partial charge in [0.05, 0.1) is 6.61 Å². The molecule has 2 aromatic carbocycles. The summed E-state index contributed by atoms with van der Waals surface area (Å²) in [6.45, 7) is 3.81. The van der Waals surface area contributed by atoms with E-state index in [2.05, 4.69) is 21.2 Å². The smallest absolute Gasteiger partial charge is 0.341 e. The van der Waals surface area contributed by atoms with Gasteiger partial charge >= 0.3 is 5.97 Å². The van der Waals surface area contributed by atoms with Crippen molar-refractivity contribution in [2.75, 3.05) is 18.5 Å². The first-order chi connectivity index (χ1) is 14.9. The molecule has 0 atom stereocenters. The zero-order valence-electron chi connectivity index (χ0n) is 17.0. The molecule has 1 heterocycles. The summed E-state index contributed by atoms with van der Waals surface area (Å²) < 4.78 is 11.9. The highest BCUT2D eigenvalue weighted by atomic mass is 79.9. The predicted octanol–water partition coefficient (Wildman–Crippen LogP) is 6.59. The Labute approximate surface area is 198 Å². The first-order valence-electron chi connectivity index (χ1n) is 9.68. The molecule has 0 aliphatic carbocycles. The number of benzene rings is 2. The number of hydrogen-bond donors (Lipinski definition) is 1. The van der Waals surface area contributed by atoms with Gasteiger partial charge in [0.25, 0.3) is 5.91 Å². The van der Waals surface area contributed by atoms with E-state index in [-0.39, 0.29) is 19.1 Å². The van der Waals surface area contributed by atoms with Crippen LogP contribution in [0.25, 0.3) is 11.1 Å². The van der Waals surface area contributed by atoms with Gasteiger partial charge in [-0.15, -0.1) is 11.3 Å². The number of carbonyl (C=O) groups excluding carboxylic acids is 2. The van der Waals surface area contributed by atoms with Crippen molar-refractivity contribution in [1.82, 2.24) is 0 Å². The normalized spacial score (nSPS) is 10.6. The highest BCUT2D eigenvalue weighted by Gasteiger charge is 2.23. The van der Waals surface area contributed by atoms with Crippen molar-refractivity contribution in [2.24, 2.45) is 0 Å². The molecule has 1 aromatic heterocycles. The number of rotatable bonds is 8. The standard InChI is InChI=1S/C23H21BrClNO4S/c1-3-14-11-16(24)7-10-19(14)30-12-20(27)26-22-21(23(28)29-4-2)18(13-31-22)15-5-8-17(25)9-6-15/h5-11,13H,3-4,12H2,1-2H3,(H,26,27). The fourth-order valence-corrected chi connectivity index (χ4v) is 4.48. The van der Waals surface area contributed by atoms with Gasteiger partial charge in [-0.2, -0.15) is 0 Å². The molecule has 1 amide bonds. The van der Waals surface area contributed by atoms with Crippen LogP contribution in [0.4, 0.5) is 5.00 Å². The van der Waals surface area contributed by atoms with Crippen molar-refractivity contribution in [3.8, 4) is 16.9 Å². The van der Waals surface area contributed by atoms with Gasteiger partial charge in [0.2, 0.25) is 0 Å². The fourth-order valence-electron chi connectivity index (χ4n) is 2.97. The van der Waals surface area contributed by atoms with Gasteiger partial charge < -0.3 is 14.8 Å². The molecule has 5 nitrogen and oxygen atoms in total. The molecule has 0 spiro atoms. The van der Waals surface area contributed by atoms with Crippen molar-refractivity contribution in [2.45, 2.75) is 20.3 Å². The zero-order chi connectivity index (χ0) is 22.4. The van der Waals surface area contributed by atoms with E-state index in [1.165, 1.54) is 11.3 Å². The van der Waals surface area contributed by atoms with Gasteiger partial charge in [-0.1, -0.05) is 46.6 Å². The number of nitrogens with one attached hydrogen (secondary N) is 1. The van der Waals surface area contributed by atoms with E-state index in [9.17, 15) is 9.59 Å². The molecule has 0 radical (unpaired) electrons. The fraction of sp³-hybridized carbons (Fsp3) is 0.217. The maximum Gasteiger partial charge on any atom is 0.341 e. The first-order valence-corrected chi connectivity index (χ1v) is 11.7. The van der Waals surface area contributed by atoms with Crippen molar-refractivity contribution in [3.63, 3.8) is 0 Å². The van der Waals surface area contributed by atoms with Gasteiger partial charge in [-0.3, -0.25) is 4.79 Å². The molecule has 162 valence electrons. The third-order valence-electron chi connectivity index (χ3n) is 4.44. The lowest BCUT2D eigenvalue weighted by molar-refractivity contribution is -0.118. The number of halogens is 2. The second-order valence-corrected chi connectivity index (χ2v) is 8.76. The summed E-state index contributed by atoms with van der Waals surface area (Å²) in [7, 11) is 0. The highest BCUT2D eigenvalue weighted by Crippen LogP contribution is 2.36. The van der Waals surface area contributed by atoms with Gasteiger partial charge in [0.1, 0.15) is 16.3 Å². The second-order valence-electron chi connectivity index (χ2n) is 6.52. The Bertz CT molecular complexity index is 1080. The third kappa shape index (κ3) is 5.87. The molecule has 1 N–H and O–H groups in total. The molecule has 0 bridgehead atoms. The minimum absolute atomic E-state index is 0.176. The Morgan fingerprint density at radius 2 is 1.87 bits per heavy atom. The molecule has 8 heteroatoms. The summed E-state index contributed by atoms with van der Waals surface area (Å²) in [5.41, 5.74) is 2.80. The summed E-state index contributed by atoms with van der Waals surface area (Å²) in [5, 5.41) is 5.62. The second kappa shape index (κ2) is 10.8. The van der Waals surface area contributed by atoms with Crippen molar-refractivity contribution >= 4 is 55.7 Å². The third-order valence-corrected chi connectivity index (χ3v) is 6.08. The average molecular weight is 523 g/mol. The van der Waals surface area contributed by atoms with Crippen molar-refractivity contribution in [3.05, 3.63) is 68.5 Å². The van der Waals surface area contributed by atoms with E-state index in [0.717, 1.165) is 22.0 Å². The van der Waals surface area contributed by atoms with Crippen molar-refractivity contribution in [1.29, 1.82) is 0 Å². The van der Waals surface area contributed by atoms with Crippen LogP contribution in [-0.2, 0) is 16.0 Å². The maximum atomic E-state index is 12.6. The van der Waals surface area contributed by atoms with E-state index < -0.39 is 5.97 Å². The molecule has 0 unspecified atom stereocenters. The van der Waals surface area contributed by atoms with Crippen LogP contribution in [0.2, 0.25) is 5.02 Å². The Hall–Kier alpha value is -2.35. The molecule has 0 aliphatic heterocycles. The van der Waals surface area contributed by atoms with Crippen molar-refractivity contribution < 1.29 is 19.1 Å². The lowest BCUT2D eigenvalue weighted by Gasteiger charge is -2.12. The molecular weight excluding hydrogens is 502 g/mol. The summed E-state index contributed by atoms with van der Waals surface area (Å²) >= 11 is 10.7. The molecule has 0 fully saturated rings. The number of esters is 1. The van der Waals surface area contributed by atoms with Crippen LogP contribution in [0.15, 0.2) is 52.3 Å². The van der Waals surface area contributed by atoms with Gasteiger partial charge in [-0.25, -0.2) is 4.79 Å². The van der Waals surface area contributed by atoms with Crippen LogP contribution in [0, 0.1) is 0 Å². The number of hydrogen-bond acceptors (Lipinski definition) is 5. The topological polar surface area (TPSA) is 64.6 Å². The number of carbonyl (C=O) groups is 2. The number of ether oxygens (including phenoxy) is 2. The van der Waals surface area contributed by atoms with E-state index in [0.29, 0.717) is 26.9 Å². The van der Waals surface area contributed by atoms with E-state index in [1.54, 1.807) is 19.1 Å². The van der Waals surface area contributed by atoms with Crippen LogP contribution in [-0.4, -0.2) is 25.1 Å². The van der Waals surface area contributed by atoms with Crippen LogP contribution in [0.5, 0.6) is 5.75 Å². The quantitative estimate of drug-likeness (QED) is 0.339. The largest absolute Gasteiger partial charge is 0.483 e. The SMILES string of the molecule is CCOC(=O)c1c(-c2ccc(Cl)cc2)csc1NC(=O)COc1ccc(Br)cc1CC. The Balaban J connectivity index is 1.79. The van der Waals surface area contributed by atoms with Crippen LogP contribution >= 0.6 is 38.9 Å². The van der Waals surface area contributed by atoms with Crippen LogP contribution in [0.1, 0.15) is 29.8 Å². The van der Waals surface area contributed by atoms with Crippen LogP contribution < -0.4 is 10.1 Å².